The van der Waals surface area contributed by atoms with Gasteiger partial charge in [-0.3, -0.25) is 4.57 Å². The van der Waals surface area contributed by atoms with E-state index in [9.17, 15) is 22.4 Å². The number of allylic oxidation sites excluding steroid dienone is 1. The third-order valence-electron chi connectivity index (χ3n) is 4.73. The van der Waals surface area contributed by atoms with Crippen LogP contribution in [0.1, 0.15) is 43.4 Å². The number of carbonyl (C=O) groups excluding carboxylic acids is 1. The lowest BCUT2D eigenvalue weighted by molar-refractivity contribution is -0.139. The first-order valence-corrected chi connectivity index (χ1v) is 10.2. The molecule has 0 amide bonds. The summed E-state index contributed by atoms with van der Waals surface area (Å²) in [5.41, 5.74) is 0.322. The van der Waals surface area contributed by atoms with Crippen molar-refractivity contribution in [2.24, 2.45) is 0 Å². The van der Waals surface area contributed by atoms with E-state index in [1.807, 2.05) is 0 Å². The Hall–Kier alpha value is -2.80. The van der Waals surface area contributed by atoms with E-state index in [0.717, 1.165) is 18.2 Å². The van der Waals surface area contributed by atoms with Crippen LogP contribution in [0.5, 0.6) is 0 Å². The molecule has 0 aliphatic heterocycles. The highest BCUT2D eigenvalue weighted by Gasteiger charge is 2.39. The van der Waals surface area contributed by atoms with E-state index in [2.05, 4.69) is 0 Å². The van der Waals surface area contributed by atoms with Crippen molar-refractivity contribution in [1.29, 1.82) is 0 Å². The molecule has 2 aromatic carbocycles. The van der Waals surface area contributed by atoms with E-state index in [-0.39, 0.29) is 16.1 Å². The molecule has 3 nitrogen and oxygen atoms in total. The Balaban J connectivity index is 1.93. The van der Waals surface area contributed by atoms with Crippen molar-refractivity contribution in [3.8, 4) is 0 Å². The maximum Gasteiger partial charge on any atom is 0.418 e. The number of alkyl halides is 3. The molecular weight excluding hydrogens is 446 g/mol. The molecule has 1 aromatic heterocycles. The summed E-state index contributed by atoms with van der Waals surface area (Å²) in [4.78, 5) is 12.3. The molecule has 0 saturated heterocycles. The molecule has 1 heterocycles. The number of halogens is 5. The Bertz CT molecular complexity index is 1170. The van der Waals surface area contributed by atoms with Crippen LogP contribution in [-0.4, -0.2) is 22.4 Å². The minimum absolute atomic E-state index is 0.0417. The van der Waals surface area contributed by atoms with Crippen LogP contribution in [0.3, 0.4) is 0 Å². The van der Waals surface area contributed by atoms with Gasteiger partial charge in [0, 0.05) is 11.6 Å². The normalized spacial score (nSPS) is 13.7. The highest BCUT2D eigenvalue weighted by Crippen LogP contribution is 2.38. The molecular formula is C24H22ClF4NO2. The molecule has 3 rings (SSSR count). The summed E-state index contributed by atoms with van der Waals surface area (Å²) in [6.07, 6.45) is -1.23. The van der Waals surface area contributed by atoms with Crippen LogP contribution in [0.4, 0.5) is 22.4 Å². The standard InChI is InChI=1S/C24H22ClF4NO2/c1-14-11-17(13-19(25)21(14)26)18(24(27,28)29)7-5-15-6-8-20-16(12-15)9-10-30(20)22(31)32-23(2,3)4/h5-13,18H,1-4H3/b7-5+. The third kappa shape index (κ3) is 5.33. The lowest BCUT2D eigenvalue weighted by Gasteiger charge is -2.19. The summed E-state index contributed by atoms with van der Waals surface area (Å²) >= 11 is 5.76. The molecule has 0 fully saturated rings. The quantitative estimate of drug-likeness (QED) is 0.367. The lowest BCUT2D eigenvalue weighted by Crippen LogP contribution is -2.26. The van der Waals surface area contributed by atoms with Crippen molar-refractivity contribution in [2.45, 2.75) is 45.4 Å². The van der Waals surface area contributed by atoms with E-state index >= 15 is 0 Å². The van der Waals surface area contributed by atoms with Crippen LogP contribution in [-0.2, 0) is 4.74 Å². The Kier molecular flexibility index (Phi) is 6.43. The summed E-state index contributed by atoms with van der Waals surface area (Å²) in [5.74, 6) is -2.69. The SMILES string of the molecule is Cc1cc(C(/C=C/c2ccc3c(ccn3C(=O)OC(C)(C)C)c2)C(F)(F)F)cc(Cl)c1F. The van der Waals surface area contributed by atoms with Gasteiger partial charge >= 0.3 is 12.3 Å². The second-order valence-electron chi connectivity index (χ2n) is 8.50. The monoisotopic (exact) mass is 467 g/mol. The molecule has 3 aromatic rings. The van der Waals surface area contributed by atoms with Gasteiger partial charge in [-0.05, 0) is 68.7 Å². The van der Waals surface area contributed by atoms with Crippen LogP contribution in [0.15, 0.2) is 48.7 Å². The minimum Gasteiger partial charge on any atom is -0.443 e. The van der Waals surface area contributed by atoms with E-state index < -0.39 is 29.6 Å². The summed E-state index contributed by atoms with van der Waals surface area (Å²) in [6.45, 7) is 6.64. The number of rotatable bonds is 3. The zero-order chi connectivity index (χ0) is 23.8. The van der Waals surface area contributed by atoms with Crippen molar-refractivity contribution in [1.82, 2.24) is 4.57 Å². The Labute approximate surface area is 188 Å². The molecule has 32 heavy (non-hydrogen) atoms. The number of hydrogen-bond donors (Lipinski definition) is 0. The van der Waals surface area contributed by atoms with Gasteiger partial charge in [-0.15, -0.1) is 0 Å². The Morgan fingerprint density at radius 2 is 1.81 bits per heavy atom. The molecule has 0 spiro atoms. The molecule has 0 aliphatic carbocycles. The van der Waals surface area contributed by atoms with E-state index in [4.69, 9.17) is 16.3 Å². The Morgan fingerprint density at radius 3 is 2.41 bits per heavy atom. The molecule has 0 radical (unpaired) electrons. The first kappa shape index (κ1) is 23.9. The van der Waals surface area contributed by atoms with Gasteiger partial charge in [-0.25, -0.2) is 9.18 Å². The molecule has 170 valence electrons. The largest absolute Gasteiger partial charge is 0.443 e. The van der Waals surface area contributed by atoms with E-state index in [1.54, 1.807) is 51.2 Å². The number of aryl methyl sites for hydroxylation is 1. The van der Waals surface area contributed by atoms with Gasteiger partial charge in [0.1, 0.15) is 11.4 Å². The van der Waals surface area contributed by atoms with E-state index in [0.29, 0.717) is 16.5 Å². The maximum absolute atomic E-state index is 13.8. The van der Waals surface area contributed by atoms with Crippen molar-refractivity contribution in [2.75, 3.05) is 0 Å². The number of ether oxygens (including phenoxy) is 1. The average Bonchev–Trinajstić information content (AvgIpc) is 3.07. The predicted molar refractivity (Wildman–Crippen MR) is 118 cm³/mol. The number of benzene rings is 2. The summed E-state index contributed by atoms with van der Waals surface area (Å²) in [5, 5.41) is 0.315. The Morgan fingerprint density at radius 1 is 1.12 bits per heavy atom. The predicted octanol–water partition coefficient (Wildman–Crippen LogP) is 7.88. The molecule has 0 saturated carbocycles. The highest BCUT2D eigenvalue weighted by molar-refractivity contribution is 6.30. The van der Waals surface area contributed by atoms with Crippen LogP contribution < -0.4 is 0 Å². The molecule has 8 heteroatoms. The second-order valence-corrected chi connectivity index (χ2v) is 8.90. The lowest BCUT2D eigenvalue weighted by atomic mass is 9.95. The van der Waals surface area contributed by atoms with E-state index in [1.165, 1.54) is 17.6 Å². The first-order chi connectivity index (χ1) is 14.8. The highest BCUT2D eigenvalue weighted by atomic mass is 35.5. The van der Waals surface area contributed by atoms with Crippen LogP contribution in [0.25, 0.3) is 17.0 Å². The van der Waals surface area contributed by atoms with Crippen molar-refractivity contribution >= 4 is 34.7 Å². The van der Waals surface area contributed by atoms with Crippen LogP contribution in [0, 0.1) is 12.7 Å². The molecule has 1 atom stereocenters. The number of nitrogens with zero attached hydrogens (tertiary/aromatic N) is 1. The number of aromatic nitrogens is 1. The molecule has 1 unspecified atom stereocenters. The fourth-order valence-corrected chi connectivity index (χ4v) is 3.56. The number of carbonyl (C=O) groups is 1. The summed E-state index contributed by atoms with van der Waals surface area (Å²) in [6, 6.07) is 8.74. The maximum atomic E-state index is 13.8. The summed E-state index contributed by atoms with van der Waals surface area (Å²) in [7, 11) is 0. The van der Waals surface area contributed by atoms with Gasteiger partial charge in [0.2, 0.25) is 0 Å². The molecule has 0 aliphatic rings. The van der Waals surface area contributed by atoms with Crippen LogP contribution in [0.2, 0.25) is 5.02 Å². The van der Waals surface area contributed by atoms with Crippen molar-refractivity contribution in [3.63, 3.8) is 0 Å². The third-order valence-corrected chi connectivity index (χ3v) is 5.00. The fraction of sp³-hybridized carbons (Fsp3) is 0.292. The smallest absolute Gasteiger partial charge is 0.418 e. The topological polar surface area (TPSA) is 31.2 Å². The number of hydrogen-bond acceptors (Lipinski definition) is 2. The summed E-state index contributed by atoms with van der Waals surface area (Å²) < 4.78 is 61.6. The second kappa shape index (κ2) is 8.62. The van der Waals surface area contributed by atoms with Crippen molar-refractivity contribution in [3.05, 3.63) is 76.2 Å². The zero-order valence-electron chi connectivity index (χ0n) is 17.9. The van der Waals surface area contributed by atoms with Gasteiger partial charge in [0.25, 0.3) is 0 Å². The van der Waals surface area contributed by atoms with Gasteiger partial charge in [-0.1, -0.05) is 35.9 Å². The van der Waals surface area contributed by atoms with Gasteiger partial charge < -0.3 is 4.74 Å². The number of fused-ring (bicyclic) bond motifs is 1. The fourth-order valence-electron chi connectivity index (χ4n) is 3.28. The van der Waals surface area contributed by atoms with Gasteiger partial charge in [0.15, 0.2) is 0 Å². The molecule has 0 bridgehead atoms. The van der Waals surface area contributed by atoms with Gasteiger partial charge in [-0.2, -0.15) is 13.2 Å². The zero-order valence-corrected chi connectivity index (χ0v) is 18.7. The minimum atomic E-state index is -4.59. The molecule has 0 N–H and O–H groups in total. The van der Waals surface area contributed by atoms with Crippen LogP contribution >= 0.6 is 11.6 Å². The average molecular weight is 468 g/mol. The first-order valence-electron chi connectivity index (χ1n) is 9.81. The van der Waals surface area contributed by atoms with Crippen molar-refractivity contribution < 1.29 is 27.1 Å². The van der Waals surface area contributed by atoms with Gasteiger partial charge in [0.05, 0.1) is 16.5 Å².